The number of rotatable bonds is 6. The highest BCUT2D eigenvalue weighted by molar-refractivity contribution is 5.75. The SMILES string of the molecule is CCONC(=O)CCc1ccc(OC(F)(F)F)cc1. The summed E-state index contributed by atoms with van der Waals surface area (Å²) in [4.78, 5) is 15.9. The number of amides is 1. The van der Waals surface area contributed by atoms with Gasteiger partial charge in [0.1, 0.15) is 5.75 Å². The average Bonchev–Trinajstić information content (AvgIpc) is 2.33. The van der Waals surface area contributed by atoms with Crippen molar-refractivity contribution in [3.63, 3.8) is 0 Å². The van der Waals surface area contributed by atoms with Gasteiger partial charge in [-0.25, -0.2) is 5.48 Å². The van der Waals surface area contributed by atoms with Crippen LogP contribution in [0.5, 0.6) is 5.75 Å². The van der Waals surface area contributed by atoms with Crippen LogP contribution in [0.1, 0.15) is 18.9 Å². The summed E-state index contributed by atoms with van der Waals surface area (Å²) in [5, 5.41) is 0. The number of halogens is 3. The summed E-state index contributed by atoms with van der Waals surface area (Å²) in [6.45, 7) is 2.11. The molecule has 0 unspecified atom stereocenters. The number of hydrogen-bond donors (Lipinski definition) is 1. The summed E-state index contributed by atoms with van der Waals surface area (Å²) in [6.07, 6.45) is -4.09. The molecule has 0 aromatic heterocycles. The van der Waals surface area contributed by atoms with Crippen molar-refractivity contribution in [1.29, 1.82) is 0 Å². The summed E-state index contributed by atoms with van der Waals surface area (Å²) < 4.78 is 39.5. The minimum absolute atomic E-state index is 0.194. The third-order valence-electron chi connectivity index (χ3n) is 2.13. The topological polar surface area (TPSA) is 47.6 Å². The lowest BCUT2D eigenvalue weighted by Gasteiger charge is -2.09. The Morgan fingerprint density at radius 3 is 2.42 bits per heavy atom. The third-order valence-corrected chi connectivity index (χ3v) is 2.13. The second kappa shape index (κ2) is 6.98. The summed E-state index contributed by atoms with van der Waals surface area (Å²) >= 11 is 0. The molecule has 1 aromatic carbocycles. The van der Waals surface area contributed by atoms with Crippen LogP contribution in [0.4, 0.5) is 13.2 Å². The minimum atomic E-state index is -4.70. The van der Waals surface area contributed by atoms with Gasteiger partial charge in [0.05, 0.1) is 6.61 Å². The van der Waals surface area contributed by atoms with Gasteiger partial charge < -0.3 is 4.74 Å². The predicted molar refractivity (Wildman–Crippen MR) is 61.2 cm³/mol. The van der Waals surface area contributed by atoms with Gasteiger partial charge in [0.25, 0.3) is 0 Å². The molecule has 0 saturated heterocycles. The van der Waals surface area contributed by atoms with Crippen molar-refractivity contribution in [2.24, 2.45) is 0 Å². The average molecular weight is 277 g/mol. The fourth-order valence-corrected chi connectivity index (χ4v) is 1.32. The van der Waals surface area contributed by atoms with E-state index in [1.54, 1.807) is 6.92 Å². The fraction of sp³-hybridized carbons (Fsp3) is 0.417. The number of hydroxylamine groups is 1. The first-order valence-electron chi connectivity index (χ1n) is 5.66. The Kier molecular flexibility index (Phi) is 5.62. The molecule has 106 valence electrons. The Hall–Kier alpha value is -1.76. The number of carbonyl (C=O) groups is 1. The van der Waals surface area contributed by atoms with E-state index in [9.17, 15) is 18.0 Å². The molecule has 0 atom stereocenters. The highest BCUT2D eigenvalue weighted by atomic mass is 19.4. The second-order valence-corrected chi connectivity index (χ2v) is 3.65. The van der Waals surface area contributed by atoms with E-state index in [1.807, 2.05) is 0 Å². The molecule has 1 N–H and O–H groups in total. The summed E-state index contributed by atoms with van der Waals surface area (Å²) in [7, 11) is 0. The maximum Gasteiger partial charge on any atom is 0.573 e. The van der Waals surface area contributed by atoms with E-state index in [4.69, 9.17) is 4.84 Å². The van der Waals surface area contributed by atoms with Crippen molar-refractivity contribution in [3.05, 3.63) is 29.8 Å². The Balaban J connectivity index is 2.42. The van der Waals surface area contributed by atoms with Crippen LogP contribution < -0.4 is 10.2 Å². The molecule has 0 heterocycles. The molecule has 4 nitrogen and oxygen atoms in total. The van der Waals surface area contributed by atoms with Crippen LogP contribution in [0.2, 0.25) is 0 Å². The van der Waals surface area contributed by atoms with Crippen molar-refractivity contribution in [2.45, 2.75) is 26.1 Å². The monoisotopic (exact) mass is 277 g/mol. The number of nitrogens with one attached hydrogen (secondary N) is 1. The maximum absolute atomic E-state index is 11.9. The Morgan fingerprint density at radius 1 is 1.26 bits per heavy atom. The third kappa shape index (κ3) is 6.66. The minimum Gasteiger partial charge on any atom is -0.406 e. The molecule has 1 rings (SSSR count). The van der Waals surface area contributed by atoms with Crippen molar-refractivity contribution < 1.29 is 27.5 Å². The predicted octanol–water partition coefficient (Wildman–Crippen LogP) is 2.59. The van der Waals surface area contributed by atoms with Crippen LogP contribution in [0.25, 0.3) is 0 Å². The van der Waals surface area contributed by atoms with Gasteiger partial charge in [-0.05, 0) is 31.0 Å². The Morgan fingerprint density at radius 2 is 1.89 bits per heavy atom. The van der Waals surface area contributed by atoms with Crippen LogP contribution >= 0.6 is 0 Å². The Labute approximate surface area is 108 Å². The van der Waals surface area contributed by atoms with E-state index in [2.05, 4.69) is 10.2 Å². The van der Waals surface area contributed by atoms with Gasteiger partial charge in [0.15, 0.2) is 0 Å². The molecular weight excluding hydrogens is 263 g/mol. The first-order chi connectivity index (χ1) is 8.90. The zero-order valence-electron chi connectivity index (χ0n) is 10.3. The lowest BCUT2D eigenvalue weighted by molar-refractivity contribution is -0.274. The van der Waals surface area contributed by atoms with Crippen molar-refractivity contribution in [2.75, 3.05) is 6.61 Å². The molecule has 0 spiro atoms. The number of hydrogen-bond acceptors (Lipinski definition) is 3. The summed E-state index contributed by atoms with van der Waals surface area (Å²) in [5.74, 6) is -0.563. The van der Waals surface area contributed by atoms with Crippen molar-refractivity contribution in [1.82, 2.24) is 5.48 Å². The molecule has 0 aliphatic rings. The van der Waals surface area contributed by atoms with Gasteiger partial charge in [0.2, 0.25) is 5.91 Å². The molecule has 0 aliphatic heterocycles. The quantitative estimate of drug-likeness (QED) is 0.813. The highest BCUT2D eigenvalue weighted by Gasteiger charge is 2.30. The van der Waals surface area contributed by atoms with Gasteiger partial charge in [-0.15, -0.1) is 13.2 Å². The number of aryl methyl sites for hydroxylation is 1. The number of alkyl halides is 3. The van der Waals surface area contributed by atoms with Crippen molar-refractivity contribution >= 4 is 5.91 Å². The summed E-state index contributed by atoms with van der Waals surface area (Å²) in [6, 6.07) is 5.39. The van der Waals surface area contributed by atoms with Crippen LogP contribution in [-0.2, 0) is 16.1 Å². The smallest absolute Gasteiger partial charge is 0.406 e. The van der Waals surface area contributed by atoms with Crippen LogP contribution in [0.3, 0.4) is 0 Å². The first kappa shape index (κ1) is 15.3. The lowest BCUT2D eigenvalue weighted by Crippen LogP contribution is -2.23. The molecule has 0 bridgehead atoms. The molecular formula is C12H14F3NO3. The molecule has 0 aliphatic carbocycles. The number of carbonyl (C=O) groups excluding carboxylic acids is 1. The number of benzene rings is 1. The molecule has 1 aromatic rings. The summed E-state index contributed by atoms with van der Waals surface area (Å²) in [5.41, 5.74) is 2.97. The molecule has 19 heavy (non-hydrogen) atoms. The lowest BCUT2D eigenvalue weighted by atomic mass is 10.1. The van der Waals surface area contributed by atoms with Gasteiger partial charge in [-0.2, -0.15) is 0 Å². The van der Waals surface area contributed by atoms with E-state index < -0.39 is 6.36 Å². The highest BCUT2D eigenvalue weighted by Crippen LogP contribution is 2.22. The molecule has 0 radical (unpaired) electrons. The zero-order chi connectivity index (χ0) is 14.3. The zero-order valence-corrected chi connectivity index (χ0v) is 10.3. The maximum atomic E-state index is 11.9. The molecule has 1 amide bonds. The van der Waals surface area contributed by atoms with Crippen LogP contribution in [0, 0.1) is 0 Å². The van der Waals surface area contributed by atoms with E-state index in [1.165, 1.54) is 24.3 Å². The fourth-order valence-electron chi connectivity index (χ4n) is 1.32. The van der Waals surface area contributed by atoms with E-state index in [0.29, 0.717) is 13.0 Å². The van der Waals surface area contributed by atoms with Gasteiger partial charge >= 0.3 is 6.36 Å². The van der Waals surface area contributed by atoms with E-state index >= 15 is 0 Å². The number of ether oxygens (including phenoxy) is 1. The normalized spacial score (nSPS) is 11.2. The van der Waals surface area contributed by atoms with Gasteiger partial charge in [0, 0.05) is 6.42 Å². The largest absolute Gasteiger partial charge is 0.573 e. The first-order valence-corrected chi connectivity index (χ1v) is 5.66. The molecule has 7 heteroatoms. The van der Waals surface area contributed by atoms with E-state index in [0.717, 1.165) is 5.56 Å². The van der Waals surface area contributed by atoms with Gasteiger partial charge in [-0.3, -0.25) is 9.63 Å². The Bertz CT molecular complexity index is 404. The molecule has 0 fully saturated rings. The standard InChI is InChI=1S/C12H14F3NO3/c1-2-18-16-11(17)8-5-9-3-6-10(7-4-9)19-12(13,14)15/h3-4,6-7H,2,5,8H2,1H3,(H,16,17). The van der Waals surface area contributed by atoms with Crippen LogP contribution in [-0.4, -0.2) is 18.9 Å². The van der Waals surface area contributed by atoms with Crippen LogP contribution in [0.15, 0.2) is 24.3 Å². The van der Waals surface area contributed by atoms with Crippen molar-refractivity contribution in [3.8, 4) is 5.75 Å². The molecule has 0 saturated carbocycles. The second-order valence-electron chi connectivity index (χ2n) is 3.65. The van der Waals surface area contributed by atoms with Gasteiger partial charge in [-0.1, -0.05) is 12.1 Å². The van der Waals surface area contributed by atoms with E-state index in [-0.39, 0.29) is 18.1 Å².